The Balaban J connectivity index is 0.00000205. The van der Waals surface area contributed by atoms with Crippen molar-refractivity contribution in [3.05, 3.63) is 47.0 Å². The lowest BCUT2D eigenvalue weighted by molar-refractivity contribution is -0.133. The van der Waals surface area contributed by atoms with E-state index in [0.717, 1.165) is 56.3 Å². The monoisotopic (exact) mass is 423 g/mol. The van der Waals surface area contributed by atoms with Crippen molar-refractivity contribution in [3.63, 3.8) is 0 Å². The number of carbonyl (C=O) groups is 1. The van der Waals surface area contributed by atoms with E-state index in [1.807, 2.05) is 4.90 Å². The van der Waals surface area contributed by atoms with Crippen LogP contribution >= 0.6 is 12.4 Å². The minimum atomic E-state index is -0.456. The highest BCUT2D eigenvalue weighted by molar-refractivity contribution is 5.85. The zero-order valence-corrected chi connectivity index (χ0v) is 16.8. The van der Waals surface area contributed by atoms with E-state index in [9.17, 15) is 13.6 Å². The molecule has 1 aromatic carbocycles. The molecule has 2 aromatic rings. The molecule has 29 heavy (non-hydrogen) atoms. The van der Waals surface area contributed by atoms with Gasteiger partial charge in [0.15, 0.2) is 0 Å². The summed E-state index contributed by atoms with van der Waals surface area (Å²) in [5, 5.41) is 12.0. The number of hydrogen-bond acceptors (Lipinski definition) is 4. The molecule has 2 unspecified atom stereocenters. The highest BCUT2D eigenvalue weighted by Crippen LogP contribution is 2.49. The number of fused-ring (bicyclic) bond motifs is 1. The molecule has 1 saturated carbocycles. The summed E-state index contributed by atoms with van der Waals surface area (Å²) in [6, 6.07) is 3.48. The summed E-state index contributed by atoms with van der Waals surface area (Å²) in [7, 11) is 0. The molecular formula is C20H24ClF2N5O. The fourth-order valence-electron chi connectivity index (χ4n) is 4.62. The van der Waals surface area contributed by atoms with Crippen molar-refractivity contribution >= 4 is 18.3 Å². The van der Waals surface area contributed by atoms with Crippen LogP contribution in [-0.4, -0.2) is 45.2 Å². The Morgan fingerprint density at radius 2 is 1.93 bits per heavy atom. The van der Waals surface area contributed by atoms with Crippen molar-refractivity contribution in [1.29, 1.82) is 0 Å². The predicted molar refractivity (Wildman–Crippen MR) is 105 cm³/mol. The van der Waals surface area contributed by atoms with Crippen molar-refractivity contribution in [2.75, 3.05) is 19.6 Å². The number of nitrogens with one attached hydrogen (secondary N) is 1. The van der Waals surface area contributed by atoms with Crippen LogP contribution < -0.4 is 5.32 Å². The number of piperidine rings is 1. The quantitative estimate of drug-likeness (QED) is 0.824. The summed E-state index contributed by atoms with van der Waals surface area (Å²) in [4.78, 5) is 14.7. The molecule has 0 spiro atoms. The van der Waals surface area contributed by atoms with Gasteiger partial charge in [-0.25, -0.2) is 8.78 Å². The van der Waals surface area contributed by atoms with Gasteiger partial charge in [-0.1, -0.05) is 0 Å². The Morgan fingerprint density at radius 3 is 2.72 bits per heavy atom. The number of likely N-dealkylation sites (tertiary alicyclic amines) is 1. The maximum absolute atomic E-state index is 14.0. The van der Waals surface area contributed by atoms with Gasteiger partial charge in [-0.2, -0.15) is 0 Å². The predicted octanol–water partition coefficient (Wildman–Crippen LogP) is 2.59. The molecule has 1 amide bonds. The van der Waals surface area contributed by atoms with Gasteiger partial charge < -0.3 is 14.8 Å². The average Bonchev–Trinajstić information content (AvgIpc) is 3.40. The Hall–Kier alpha value is -2.06. The molecule has 0 bridgehead atoms. The van der Waals surface area contributed by atoms with Gasteiger partial charge in [0.1, 0.15) is 23.3 Å². The van der Waals surface area contributed by atoms with Gasteiger partial charge in [0, 0.05) is 38.0 Å². The van der Waals surface area contributed by atoms with E-state index >= 15 is 0 Å². The molecule has 156 valence electrons. The first-order valence-electron chi connectivity index (χ1n) is 9.98. The minimum Gasteiger partial charge on any atom is -0.342 e. The molecule has 5 rings (SSSR count). The van der Waals surface area contributed by atoms with Crippen molar-refractivity contribution in [1.82, 2.24) is 25.0 Å². The van der Waals surface area contributed by atoms with Crippen LogP contribution in [0, 0.1) is 17.6 Å². The lowest BCUT2D eigenvalue weighted by atomic mass is 9.95. The van der Waals surface area contributed by atoms with Crippen molar-refractivity contribution in [2.45, 2.75) is 44.2 Å². The lowest BCUT2D eigenvalue weighted by Crippen LogP contribution is -2.40. The SMILES string of the molecule is Cl.O=C(C1CC1c1cc(F)ccc1F)N1CCC(c2nnc3n2CCNC3)CC1. The largest absolute Gasteiger partial charge is 0.342 e. The van der Waals surface area contributed by atoms with Crippen molar-refractivity contribution < 1.29 is 13.6 Å². The molecule has 3 heterocycles. The molecule has 1 N–H and O–H groups in total. The maximum Gasteiger partial charge on any atom is 0.226 e. The van der Waals surface area contributed by atoms with Gasteiger partial charge in [0.2, 0.25) is 5.91 Å². The van der Waals surface area contributed by atoms with Crippen LogP contribution in [0.3, 0.4) is 0 Å². The molecule has 0 radical (unpaired) electrons. The summed E-state index contributed by atoms with van der Waals surface area (Å²) in [5.41, 5.74) is 0.330. The van der Waals surface area contributed by atoms with Gasteiger partial charge >= 0.3 is 0 Å². The number of aromatic nitrogens is 3. The first-order chi connectivity index (χ1) is 13.6. The summed E-state index contributed by atoms with van der Waals surface area (Å²) in [6.45, 7) is 3.93. The molecule has 1 aliphatic carbocycles. The molecule has 9 heteroatoms. The summed E-state index contributed by atoms with van der Waals surface area (Å²) >= 11 is 0. The van der Waals surface area contributed by atoms with E-state index in [4.69, 9.17) is 0 Å². The third-order valence-electron chi connectivity index (χ3n) is 6.29. The highest BCUT2D eigenvalue weighted by atomic mass is 35.5. The number of rotatable bonds is 3. The fraction of sp³-hybridized carbons (Fsp3) is 0.550. The van der Waals surface area contributed by atoms with Gasteiger partial charge in [-0.15, -0.1) is 22.6 Å². The second-order valence-electron chi connectivity index (χ2n) is 8.02. The van der Waals surface area contributed by atoms with Gasteiger partial charge in [-0.3, -0.25) is 4.79 Å². The average molecular weight is 424 g/mol. The van der Waals surface area contributed by atoms with E-state index in [1.54, 1.807) is 0 Å². The standard InChI is InChI=1S/C20H23F2N5O.ClH/c21-13-1-2-17(22)15(9-13)14-10-16(14)20(28)26-6-3-12(4-7-26)19-25-24-18-11-23-5-8-27(18)19;/h1-2,9,12,14,16,23H,3-8,10-11H2;1H. The van der Waals surface area contributed by atoms with E-state index in [2.05, 4.69) is 20.1 Å². The summed E-state index contributed by atoms with van der Waals surface area (Å²) in [5.74, 6) is 1.11. The topological polar surface area (TPSA) is 63.1 Å². The van der Waals surface area contributed by atoms with Gasteiger partial charge in [0.25, 0.3) is 0 Å². The van der Waals surface area contributed by atoms with Crippen LogP contribution in [-0.2, 0) is 17.9 Å². The molecule has 2 fully saturated rings. The van der Waals surface area contributed by atoms with E-state index in [0.29, 0.717) is 31.0 Å². The lowest BCUT2D eigenvalue weighted by Gasteiger charge is -2.32. The van der Waals surface area contributed by atoms with Crippen LogP contribution in [0.25, 0.3) is 0 Å². The first-order valence-corrected chi connectivity index (χ1v) is 9.98. The number of nitrogens with zero attached hydrogens (tertiary/aromatic N) is 4. The van der Waals surface area contributed by atoms with Crippen molar-refractivity contribution in [3.8, 4) is 0 Å². The van der Waals surface area contributed by atoms with Crippen LogP contribution in [0.1, 0.15) is 48.3 Å². The summed E-state index contributed by atoms with van der Waals surface area (Å²) in [6.07, 6.45) is 2.33. The number of halogens is 3. The Morgan fingerprint density at radius 1 is 1.14 bits per heavy atom. The fourth-order valence-corrected chi connectivity index (χ4v) is 4.62. The van der Waals surface area contributed by atoms with Crippen molar-refractivity contribution in [2.24, 2.45) is 5.92 Å². The van der Waals surface area contributed by atoms with Crippen LogP contribution in [0.4, 0.5) is 8.78 Å². The number of hydrogen-bond donors (Lipinski definition) is 1. The zero-order valence-electron chi connectivity index (χ0n) is 16.0. The number of carbonyl (C=O) groups excluding carboxylic acids is 1. The second kappa shape index (κ2) is 7.99. The highest BCUT2D eigenvalue weighted by Gasteiger charge is 2.47. The molecule has 2 atom stereocenters. The zero-order chi connectivity index (χ0) is 19.3. The maximum atomic E-state index is 14.0. The van der Waals surface area contributed by atoms with Gasteiger partial charge in [-0.05, 0) is 48.9 Å². The third kappa shape index (κ3) is 3.75. The van der Waals surface area contributed by atoms with E-state index < -0.39 is 11.6 Å². The summed E-state index contributed by atoms with van der Waals surface area (Å²) < 4.78 is 29.6. The van der Waals surface area contributed by atoms with Crippen LogP contribution in [0.15, 0.2) is 18.2 Å². The number of amides is 1. The molecule has 1 aromatic heterocycles. The van der Waals surface area contributed by atoms with E-state index in [1.165, 1.54) is 6.07 Å². The smallest absolute Gasteiger partial charge is 0.226 e. The first kappa shape index (κ1) is 20.2. The van der Waals surface area contributed by atoms with Crippen LogP contribution in [0.2, 0.25) is 0 Å². The number of benzene rings is 1. The molecule has 3 aliphatic rings. The second-order valence-corrected chi connectivity index (χ2v) is 8.02. The minimum absolute atomic E-state index is 0. The Kier molecular flexibility index (Phi) is 5.57. The third-order valence-corrected chi connectivity index (χ3v) is 6.29. The molecule has 1 saturated heterocycles. The normalized spacial score (nSPS) is 24.0. The molecule has 6 nitrogen and oxygen atoms in total. The van der Waals surface area contributed by atoms with E-state index in [-0.39, 0.29) is 30.2 Å². The molecule has 2 aliphatic heterocycles. The molecular weight excluding hydrogens is 400 g/mol. The van der Waals surface area contributed by atoms with Crippen LogP contribution in [0.5, 0.6) is 0 Å². The van der Waals surface area contributed by atoms with Gasteiger partial charge in [0.05, 0.1) is 6.54 Å². The Labute approximate surface area is 174 Å². The Bertz CT molecular complexity index is 912.